The maximum Gasteiger partial charge on any atom is 0.0736 e. The van der Waals surface area contributed by atoms with Gasteiger partial charge < -0.3 is 0 Å². The van der Waals surface area contributed by atoms with Gasteiger partial charge in [-0.1, -0.05) is 97.7 Å². The van der Waals surface area contributed by atoms with E-state index in [-0.39, 0.29) is 10.8 Å². The lowest BCUT2D eigenvalue weighted by molar-refractivity contribution is 0.569. The second-order valence-corrected chi connectivity index (χ2v) is 26.8. The molecule has 1 rings (SSSR count). The van der Waals surface area contributed by atoms with Crippen LogP contribution < -0.4 is 5.19 Å². The normalized spacial score (nSPS) is 14.4. The minimum absolute atomic E-state index is 0.222. The van der Waals surface area contributed by atoms with Crippen LogP contribution in [0.15, 0.2) is 18.2 Å². The van der Waals surface area contributed by atoms with Crippen LogP contribution in [0.3, 0.4) is 0 Å². The molecule has 0 heterocycles. The summed E-state index contributed by atoms with van der Waals surface area (Å²) >= 11 is 0. The summed E-state index contributed by atoms with van der Waals surface area (Å²) in [5.41, 5.74) is 3.45. The molecule has 0 aliphatic rings. The zero-order valence-electron chi connectivity index (χ0n) is 16.2. The Morgan fingerprint density at radius 2 is 0.952 bits per heavy atom. The van der Waals surface area contributed by atoms with Gasteiger partial charge in [-0.05, 0) is 22.0 Å². The van der Waals surface area contributed by atoms with Crippen molar-refractivity contribution in [2.24, 2.45) is 0 Å². The van der Waals surface area contributed by atoms with E-state index in [0.29, 0.717) is 0 Å². The van der Waals surface area contributed by atoms with Crippen LogP contribution in [0, 0.1) is 0 Å². The fourth-order valence-corrected chi connectivity index (χ4v) is 7.22. The van der Waals surface area contributed by atoms with Crippen molar-refractivity contribution in [2.75, 3.05) is 0 Å². The van der Waals surface area contributed by atoms with Gasteiger partial charge in [-0.3, -0.25) is 0 Å². The van der Waals surface area contributed by atoms with E-state index in [1.807, 2.05) is 0 Å². The molecule has 0 aliphatic heterocycles. The highest BCUT2D eigenvalue weighted by molar-refractivity contribution is 7.45. The van der Waals surface area contributed by atoms with Crippen LogP contribution >= 0.6 is 0 Å². The van der Waals surface area contributed by atoms with E-state index in [2.05, 4.69) is 92.5 Å². The molecule has 21 heavy (non-hydrogen) atoms. The van der Waals surface area contributed by atoms with Crippen LogP contribution in [0.1, 0.15) is 52.7 Å². The average Bonchev–Trinajstić information content (AvgIpc) is 2.24. The van der Waals surface area contributed by atoms with Gasteiger partial charge >= 0.3 is 0 Å². The molecule has 0 aliphatic carbocycles. The molecule has 2 heteroatoms. The third-order valence-corrected chi connectivity index (χ3v) is 22.9. The molecular weight excluding hydrogens is 284 g/mol. The molecule has 0 radical (unpaired) electrons. The van der Waals surface area contributed by atoms with Crippen molar-refractivity contribution in [1.82, 2.24) is 0 Å². The third-order valence-electron chi connectivity index (χ3n) is 5.26. The summed E-state index contributed by atoms with van der Waals surface area (Å²) in [6.45, 7) is 26.8. The highest BCUT2D eigenvalue weighted by Gasteiger charge is 2.39. The third kappa shape index (κ3) is 4.10. The van der Waals surface area contributed by atoms with E-state index in [9.17, 15) is 0 Å². The first-order valence-corrected chi connectivity index (χ1v) is 15.7. The Bertz CT molecular complexity index is 474. The van der Waals surface area contributed by atoms with Gasteiger partial charge in [0.25, 0.3) is 0 Å². The van der Waals surface area contributed by atoms with E-state index in [4.69, 9.17) is 0 Å². The first-order valence-electron chi connectivity index (χ1n) is 8.23. The summed E-state index contributed by atoms with van der Waals surface area (Å²) in [6.07, 6.45) is 0. The van der Waals surface area contributed by atoms with Crippen LogP contribution in [0.4, 0.5) is 0 Å². The van der Waals surface area contributed by atoms with E-state index in [1.54, 1.807) is 5.19 Å². The van der Waals surface area contributed by atoms with Crippen molar-refractivity contribution in [2.45, 2.75) is 85.1 Å². The van der Waals surface area contributed by atoms with Gasteiger partial charge in [0.15, 0.2) is 0 Å². The summed E-state index contributed by atoms with van der Waals surface area (Å²) in [5.74, 6) is 0. The Labute approximate surface area is 135 Å². The molecule has 0 amide bonds. The first kappa shape index (κ1) is 18.7. The van der Waals surface area contributed by atoms with Crippen molar-refractivity contribution >= 4 is 20.4 Å². The summed E-state index contributed by atoms with van der Waals surface area (Å²) < 4.78 is 0. The SMILES string of the molecule is CC(C)(C)c1cc(C(C)(C)C)cc([Si](C)(C)[Si](C)(C)C)c1. The lowest BCUT2D eigenvalue weighted by Gasteiger charge is -2.38. The maximum absolute atomic E-state index is 2.58. The zero-order chi connectivity index (χ0) is 16.9. The van der Waals surface area contributed by atoms with Crippen molar-refractivity contribution in [3.05, 3.63) is 29.3 Å². The highest BCUT2D eigenvalue weighted by atomic mass is 29.3. The fraction of sp³-hybridized carbons (Fsp3) is 0.684. The van der Waals surface area contributed by atoms with Crippen molar-refractivity contribution < 1.29 is 0 Å². The maximum atomic E-state index is 2.58. The quantitative estimate of drug-likeness (QED) is 0.621. The van der Waals surface area contributed by atoms with E-state index >= 15 is 0 Å². The lowest BCUT2D eigenvalue weighted by Crippen LogP contribution is -2.61. The zero-order valence-corrected chi connectivity index (χ0v) is 18.2. The van der Waals surface area contributed by atoms with E-state index in [1.165, 1.54) is 11.1 Å². The van der Waals surface area contributed by atoms with Crippen molar-refractivity contribution in [3.8, 4) is 0 Å². The fourth-order valence-electron chi connectivity index (χ4n) is 2.29. The van der Waals surface area contributed by atoms with Gasteiger partial charge in [0.1, 0.15) is 0 Å². The second kappa shape index (κ2) is 5.38. The minimum atomic E-state index is -1.36. The highest BCUT2D eigenvalue weighted by Crippen LogP contribution is 2.30. The number of hydrogen-bond acceptors (Lipinski definition) is 0. The Balaban J connectivity index is 3.61. The molecule has 120 valence electrons. The summed E-state index contributed by atoms with van der Waals surface area (Å²) in [7, 11) is -2.51. The van der Waals surface area contributed by atoms with Crippen LogP contribution in [0.5, 0.6) is 0 Å². The molecule has 0 saturated heterocycles. The van der Waals surface area contributed by atoms with E-state index < -0.39 is 15.2 Å². The molecule has 0 fully saturated rings. The van der Waals surface area contributed by atoms with Crippen LogP contribution in [-0.2, 0) is 10.8 Å². The molecule has 0 saturated carbocycles. The molecular formula is C19H36Si2. The predicted octanol–water partition coefficient (Wildman–Crippen LogP) is 5.61. The Hall–Kier alpha value is -0.346. The summed E-state index contributed by atoms with van der Waals surface area (Å²) in [6, 6.07) is 7.50. The monoisotopic (exact) mass is 320 g/mol. The van der Waals surface area contributed by atoms with Crippen molar-refractivity contribution in [3.63, 3.8) is 0 Å². The molecule has 0 nitrogen and oxygen atoms in total. The van der Waals surface area contributed by atoms with Gasteiger partial charge in [0, 0.05) is 7.59 Å². The lowest BCUT2D eigenvalue weighted by atomic mass is 9.81. The van der Waals surface area contributed by atoms with Gasteiger partial charge in [-0.15, -0.1) is 0 Å². The average molecular weight is 321 g/mol. The number of rotatable bonds is 2. The van der Waals surface area contributed by atoms with Crippen LogP contribution in [0.2, 0.25) is 32.7 Å². The topological polar surface area (TPSA) is 0 Å². The first-order chi connectivity index (χ1) is 9.07. The Kier molecular flexibility index (Phi) is 4.79. The molecule has 1 aromatic rings. The standard InChI is InChI=1S/C19H36Si2/c1-18(2,3)15-12-16(19(4,5)6)14-17(13-15)21(10,11)20(7,8)9/h12-14H,1-11H3. The molecule has 0 aromatic heterocycles. The Morgan fingerprint density at radius 3 is 1.19 bits per heavy atom. The van der Waals surface area contributed by atoms with Gasteiger partial charge in [-0.25, -0.2) is 0 Å². The molecule has 0 unspecified atom stereocenters. The molecule has 1 aromatic carbocycles. The molecule has 0 atom stereocenters. The van der Waals surface area contributed by atoms with Crippen LogP contribution in [-0.4, -0.2) is 15.2 Å². The van der Waals surface area contributed by atoms with E-state index in [0.717, 1.165) is 0 Å². The number of benzene rings is 1. The molecule has 0 N–H and O–H groups in total. The van der Waals surface area contributed by atoms with Crippen molar-refractivity contribution in [1.29, 1.82) is 0 Å². The van der Waals surface area contributed by atoms with Crippen LogP contribution in [0.25, 0.3) is 0 Å². The second-order valence-electron chi connectivity index (χ2n) is 10.2. The Morgan fingerprint density at radius 1 is 0.619 bits per heavy atom. The van der Waals surface area contributed by atoms with Gasteiger partial charge in [0.2, 0.25) is 0 Å². The number of hydrogen-bond donors (Lipinski definition) is 0. The van der Waals surface area contributed by atoms with Gasteiger partial charge in [0.05, 0.1) is 7.59 Å². The minimum Gasteiger partial charge on any atom is -0.0712 e. The predicted molar refractivity (Wildman–Crippen MR) is 104 cm³/mol. The molecule has 0 spiro atoms. The summed E-state index contributed by atoms with van der Waals surface area (Å²) in [4.78, 5) is 0. The largest absolute Gasteiger partial charge is 0.0736 e. The summed E-state index contributed by atoms with van der Waals surface area (Å²) in [5, 5.41) is 1.67. The molecule has 0 bridgehead atoms. The van der Waals surface area contributed by atoms with Gasteiger partial charge in [-0.2, -0.15) is 0 Å². The smallest absolute Gasteiger partial charge is 0.0712 e.